The zero-order valence-corrected chi connectivity index (χ0v) is 15.0. The van der Waals surface area contributed by atoms with E-state index < -0.39 is 0 Å². The minimum atomic E-state index is 0.330. The predicted octanol–water partition coefficient (Wildman–Crippen LogP) is 3.70. The molecular formula is C18H22ClN5. The Kier molecular flexibility index (Phi) is 5.00. The number of aromatic amines is 1. The number of nitrogens with one attached hydrogen (secondary N) is 1. The standard InChI is InChI=1S/C18H22ClN5/c1-4-20-17-15-18(23-16(22-15)12(2)3)24(11-21-17)10-9-13-5-7-14(19)8-6-13/h5-8,11-12H,4,9-10H2,1-3H3,(H,22,23). The number of hydrogen-bond acceptors (Lipinski definition) is 3. The lowest BCUT2D eigenvalue weighted by Gasteiger charge is -2.07. The van der Waals surface area contributed by atoms with E-state index in [2.05, 4.69) is 45.5 Å². The molecule has 126 valence electrons. The third kappa shape index (κ3) is 3.51. The van der Waals surface area contributed by atoms with Crippen molar-refractivity contribution in [1.29, 1.82) is 0 Å². The van der Waals surface area contributed by atoms with E-state index in [0.29, 0.717) is 12.5 Å². The van der Waals surface area contributed by atoms with Crippen LogP contribution < -0.4 is 5.49 Å². The Labute approximate surface area is 146 Å². The molecular weight excluding hydrogens is 322 g/mol. The van der Waals surface area contributed by atoms with Gasteiger partial charge in [-0.2, -0.15) is 0 Å². The summed E-state index contributed by atoms with van der Waals surface area (Å²) in [7, 11) is 0. The second kappa shape index (κ2) is 7.18. The summed E-state index contributed by atoms with van der Waals surface area (Å²) in [5.74, 6) is 1.29. The van der Waals surface area contributed by atoms with Gasteiger partial charge < -0.3 is 9.55 Å². The number of imidazole rings is 1. The van der Waals surface area contributed by atoms with Crippen molar-refractivity contribution in [3.05, 3.63) is 52.5 Å². The van der Waals surface area contributed by atoms with Crippen LogP contribution in [0.3, 0.4) is 0 Å². The first-order valence-electron chi connectivity index (χ1n) is 8.28. The molecule has 0 aliphatic carbocycles. The number of benzene rings is 1. The first-order valence-corrected chi connectivity index (χ1v) is 8.66. The highest BCUT2D eigenvalue weighted by atomic mass is 35.5. The number of hydrogen-bond donors (Lipinski definition) is 1. The van der Waals surface area contributed by atoms with Gasteiger partial charge >= 0.3 is 0 Å². The summed E-state index contributed by atoms with van der Waals surface area (Å²) in [6.07, 6.45) is 2.73. The molecule has 1 aromatic carbocycles. The van der Waals surface area contributed by atoms with Gasteiger partial charge in [0.05, 0.1) is 6.33 Å². The van der Waals surface area contributed by atoms with Crippen LogP contribution in [-0.4, -0.2) is 26.1 Å². The molecule has 6 heteroatoms. The fraction of sp³-hybridized carbons (Fsp3) is 0.389. The Morgan fingerprint density at radius 1 is 1.25 bits per heavy atom. The zero-order valence-electron chi connectivity index (χ0n) is 14.3. The topological polar surface area (TPSA) is 58.9 Å². The Morgan fingerprint density at radius 2 is 2.00 bits per heavy atom. The van der Waals surface area contributed by atoms with Gasteiger partial charge in [-0.1, -0.05) is 37.6 Å². The van der Waals surface area contributed by atoms with Crippen LogP contribution in [0.4, 0.5) is 0 Å². The van der Waals surface area contributed by atoms with Gasteiger partial charge in [0, 0.05) is 24.0 Å². The summed E-state index contributed by atoms with van der Waals surface area (Å²) in [6, 6.07) is 7.95. The number of halogens is 1. The van der Waals surface area contributed by atoms with E-state index in [0.717, 1.165) is 40.5 Å². The van der Waals surface area contributed by atoms with Crippen LogP contribution in [0.1, 0.15) is 38.1 Å². The highest BCUT2D eigenvalue weighted by molar-refractivity contribution is 6.30. The van der Waals surface area contributed by atoms with E-state index in [1.54, 1.807) is 0 Å². The van der Waals surface area contributed by atoms with Crippen molar-refractivity contribution < 1.29 is 0 Å². The molecule has 0 unspecified atom stereocenters. The van der Waals surface area contributed by atoms with Crippen molar-refractivity contribution in [2.75, 3.05) is 6.54 Å². The molecule has 0 radical (unpaired) electrons. The summed E-state index contributed by atoms with van der Waals surface area (Å²) in [6.45, 7) is 7.77. The average Bonchev–Trinajstić information content (AvgIpc) is 3.02. The van der Waals surface area contributed by atoms with Crippen molar-refractivity contribution in [1.82, 2.24) is 19.5 Å². The molecule has 1 N–H and O–H groups in total. The number of rotatable bonds is 5. The Morgan fingerprint density at radius 3 is 2.67 bits per heavy atom. The molecule has 2 heterocycles. The highest BCUT2D eigenvalue weighted by Gasteiger charge is 2.11. The molecule has 3 rings (SSSR count). The van der Waals surface area contributed by atoms with E-state index in [4.69, 9.17) is 16.6 Å². The van der Waals surface area contributed by atoms with Gasteiger partial charge in [0.25, 0.3) is 0 Å². The van der Waals surface area contributed by atoms with Crippen LogP contribution in [0.15, 0.2) is 35.6 Å². The molecule has 0 aliphatic rings. The Bertz CT molecular complexity index is 890. The third-order valence-corrected chi connectivity index (χ3v) is 4.18. The maximum atomic E-state index is 5.95. The first kappa shape index (κ1) is 16.7. The molecule has 0 bridgehead atoms. The van der Waals surface area contributed by atoms with Crippen LogP contribution >= 0.6 is 11.6 Å². The number of nitrogens with zero attached hydrogens (tertiary/aromatic N) is 4. The number of aryl methyl sites for hydroxylation is 2. The monoisotopic (exact) mass is 343 g/mol. The van der Waals surface area contributed by atoms with Gasteiger partial charge in [-0.3, -0.25) is 4.99 Å². The van der Waals surface area contributed by atoms with Crippen molar-refractivity contribution in [3.8, 4) is 0 Å². The highest BCUT2D eigenvalue weighted by Crippen LogP contribution is 2.15. The fourth-order valence-electron chi connectivity index (χ4n) is 2.60. The molecule has 5 nitrogen and oxygen atoms in total. The van der Waals surface area contributed by atoms with Gasteiger partial charge in [-0.15, -0.1) is 0 Å². The molecule has 0 atom stereocenters. The molecule has 0 spiro atoms. The van der Waals surface area contributed by atoms with E-state index in [1.807, 2.05) is 25.4 Å². The van der Waals surface area contributed by atoms with Crippen LogP contribution in [0, 0.1) is 0 Å². The van der Waals surface area contributed by atoms with E-state index in [-0.39, 0.29) is 0 Å². The fourth-order valence-corrected chi connectivity index (χ4v) is 2.72. The minimum absolute atomic E-state index is 0.330. The van der Waals surface area contributed by atoms with Gasteiger partial charge in [0.15, 0.2) is 11.1 Å². The van der Waals surface area contributed by atoms with Crippen molar-refractivity contribution in [2.45, 2.75) is 39.7 Å². The minimum Gasteiger partial charge on any atom is -0.337 e. The summed E-state index contributed by atoms with van der Waals surface area (Å²) in [5.41, 5.74) is 3.80. The average molecular weight is 344 g/mol. The molecule has 24 heavy (non-hydrogen) atoms. The molecule has 3 aromatic rings. The first-order chi connectivity index (χ1) is 11.6. The van der Waals surface area contributed by atoms with E-state index >= 15 is 0 Å². The van der Waals surface area contributed by atoms with Crippen LogP contribution in [0.5, 0.6) is 0 Å². The van der Waals surface area contributed by atoms with Crippen molar-refractivity contribution >= 4 is 22.8 Å². The lowest BCUT2D eigenvalue weighted by Crippen LogP contribution is -2.15. The third-order valence-electron chi connectivity index (χ3n) is 3.93. The molecule has 0 amide bonds. The molecule has 0 fully saturated rings. The summed E-state index contributed by atoms with van der Waals surface area (Å²) < 4.78 is 2.08. The number of aromatic nitrogens is 4. The normalized spacial score (nSPS) is 12.5. The maximum Gasteiger partial charge on any atom is 0.176 e. The molecule has 0 saturated heterocycles. The Balaban J connectivity index is 1.97. The molecule has 0 saturated carbocycles. The van der Waals surface area contributed by atoms with Crippen LogP contribution in [0.2, 0.25) is 5.02 Å². The van der Waals surface area contributed by atoms with Crippen molar-refractivity contribution in [3.63, 3.8) is 0 Å². The van der Waals surface area contributed by atoms with Gasteiger partial charge in [-0.25, -0.2) is 9.97 Å². The van der Waals surface area contributed by atoms with E-state index in [1.165, 1.54) is 5.56 Å². The van der Waals surface area contributed by atoms with E-state index in [9.17, 15) is 0 Å². The van der Waals surface area contributed by atoms with Crippen LogP contribution in [0.25, 0.3) is 11.2 Å². The van der Waals surface area contributed by atoms with Crippen LogP contribution in [-0.2, 0) is 13.0 Å². The second-order valence-electron chi connectivity index (χ2n) is 6.09. The predicted molar refractivity (Wildman–Crippen MR) is 97.2 cm³/mol. The second-order valence-corrected chi connectivity index (χ2v) is 6.52. The Hall–Kier alpha value is -2.14. The lowest BCUT2D eigenvalue weighted by molar-refractivity contribution is 0.690. The lowest BCUT2D eigenvalue weighted by atomic mass is 10.1. The van der Waals surface area contributed by atoms with Gasteiger partial charge in [0.2, 0.25) is 0 Å². The maximum absolute atomic E-state index is 5.95. The van der Waals surface area contributed by atoms with Gasteiger partial charge in [0.1, 0.15) is 11.3 Å². The quantitative estimate of drug-likeness (QED) is 0.767. The largest absolute Gasteiger partial charge is 0.337 e. The van der Waals surface area contributed by atoms with Crippen molar-refractivity contribution in [2.24, 2.45) is 4.99 Å². The number of H-pyrrole nitrogens is 1. The summed E-state index contributed by atoms with van der Waals surface area (Å²) in [5, 5.41) is 0.759. The summed E-state index contributed by atoms with van der Waals surface area (Å²) >= 11 is 5.95. The molecule has 2 aromatic heterocycles. The SMILES string of the molecule is CCN=c1ncn(CCc2ccc(Cl)cc2)c2nc(C(C)C)[nH]c12. The number of fused-ring (bicyclic) bond motifs is 1. The van der Waals surface area contributed by atoms with Gasteiger partial charge in [-0.05, 0) is 31.0 Å². The molecule has 0 aliphatic heterocycles. The zero-order chi connectivity index (χ0) is 17.1. The summed E-state index contributed by atoms with van der Waals surface area (Å²) in [4.78, 5) is 17.1. The smallest absolute Gasteiger partial charge is 0.176 e.